The molecule has 9 heteroatoms. The van der Waals surface area contributed by atoms with Crippen LogP contribution in [0.15, 0.2) is 24.3 Å². The predicted molar refractivity (Wildman–Crippen MR) is 81.9 cm³/mol. The Morgan fingerprint density at radius 1 is 1.25 bits per heavy atom. The van der Waals surface area contributed by atoms with Crippen LogP contribution in [0.1, 0.15) is 6.92 Å². The van der Waals surface area contributed by atoms with E-state index in [4.69, 9.17) is 4.74 Å². The van der Waals surface area contributed by atoms with Crippen molar-refractivity contribution < 1.29 is 32.4 Å². The van der Waals surface area contributed by atoms with Crippen LogP contribution in [0.2, 0.25) is 0 Å². The van der Waals surface area contributed by atoms with E-state index in [0.29, 0.717) is 16.3 Å². The zero-order chi connectivity index (χ0) is 18.3. The molecule has 24 heavy (non-hydrogen) atoms. The summed E-state index contributed by atoms with van der Waals surface area (Å²) in [6.07, 6.45) is -4.46. The van der Waals surface area contributed by atoms with E-state index in [1.165, 1.54) is 14.0 Å². The molecule has 3 N–H and O–H groups in total. The van der Waals surface area contributed by atoms with Gasteiger partial charge >= 0.3 is 6.18 Å². The van der Waals surface area contributed by atoms with Crippen LogP contribution in [0.3, 0.4) is 0 Å². The molecule has 1 rings (SSSR count). The maximum atomic E-state index is 12.1. The Kier molecular flexibility index (Phi) is 7.02. The zero-order valence-corrected chi connectivity index (χ0v) is 13.7. The molecule has 0 bridgehead atoms. The summed E-state index contributed by atoms with van der Waals surface area (Å²) < 4.78 is 41.3. The second-order valence-corrected chi connectivity index (χ2v) is 5.35. The Morgan fingerprint density at radius 3 is 2.33 bits per heavy atom. The van der Waals surface area contributed by atoms with E-state index in [1.54, 1.807) is 31.3 Å². The van der Waals surface area contributed by atoms with Gasteiger partial charge in [-0.2, -0.15) is 13.2 Å². The third kappa shape index (κ3) is 6.86. The number of anilines is 1. The molecular formula is C15H21F3N3O3+. The first-order valence-corrected chi connectivity index (χ1v) is 7.23. The fourth-order valence-corrected chi connectivity index (χ4v) is 1.85. The topological polar surface area (TPSA) is 71.9 Å². The van der Waals surface area contributed by atoms with Crippen molar-refractivity contribution in [1.82, 2.24) is 5.32 Å². The molecule has 0 heterocycles. The molecule has 2 amide bonds. The lowest BCUT2D eigenvalue weighted by Gasteiger charge is -2.21. The van der Waals surface area contributed by atoms with Gasteiger partial charge in [0.05, 0.1) is 14.2 Å². The van der Waals surface area contributed by atoms with Crippen LogP contribution in [-0.4, -0.2) is 51.3 Å². The van der Waals surface area contributed by atoms with Crippen molar-refractivity contribution in [1.29, 1.82) is 0 Å². The minimum Gasteiger partial charge on any atom is -0.497 e. The van der Waals surface area contributed by atoms with Gasteiger partial charge in [0.15, 0.2) is 12.6 Å². The SMILES string of the molecule is COc1ccc(NC(=O)C[NH+](C)[C@H](C)C(=O)NCC(F)(F)F)cc1. The number of nitrogens with one attached hydrogen (secondary N) is 3. The number of rotatable bonds is 7. The average Bonchev–Trinajstić information content (AvgIpc) is 2.51. The summed E-state index contributed by atoms with van der Waals surface area (Å²) in [6.45, 7) is 0.00976. The summed E-state index contributed by atoms with van der Waals surface area (Å²) in [6, 6.07) is 5.88. The van der Waals surface area contributed by atoms with E-state index in [0.717, 1.165) is 0 Å². The summed E-state index contributed by atoms with van der Waals surface area (Å²) >= 11 is 0. The Hall–Kier alpha value is -2.29. The van der Waals surface area contributed by atoms with E-state index in [-0.39, 0.29) is 12.5 Å². The van der Waals surface area contributed by atoms with E-state index in [9.17, 15) is 22.8 Å². The number of methoxy groups -OCH3 is 1. The Balaban J connectivity index is 2.48. The van der Waals surface area contributed by atoms with Crippen LogP contribution in [0.4, 0.5) is 18.9 Å². The summed E-state index contributed by atoms with van der Waals surface area (Å²) in [5.41, 5.74) is 0.558. The van der Waals surface area contributed by atoms with Crippen LogP contribution >= 0.6 is 0 Å². The van der Waals surface area contributed by atoms with Gasteiger partial charge in [-0.1, -0.05) is 0 Å². The van der Waals surface area contributed by atoms with Crippen molar-refractivity contribution in [2.45, 2.75) is 19.1 Å². The van der Waals surface area contributed by atoms with Crippen molar-refractivity contribution in [2.75, 3.05) is 32.6 Å². The number of carbonyl (C=O) groups is 2. The second kappa shape index (κ2) is 8.53. The maximum Gasteiger partial charge on any atom is 0.405 e. The number of hydrogen-bond donors (Lipinski definition) is 3. The molecule has 0 aliphatic heterocycles. The Bertz CT molecular complexity index is 561. The highest BCUT2D eigenvalue weighted by Gasteiger charge is 2.31. The van der Waals surface area contributed by atoms with E-state index >= 15 is 0 Å². The molecule has 0 radical (unpaired) electrons. The lowest BCUT2D eigenvalue weighted by atomic mass is 10.2. The largest absolute Gasteiger partial charge is 0.497 e. The fraction of sp³-hybridized carbons (Fsp3) is 0.467. The first-order chi connectivity index (χ1) is 11.1. The fourth-order valence-electron chi connectivity index (χ4n) is 1.85. The molecule has 0 aliphatic rings. The number of alkyl halides is 3. The minimum absolute atomic E-state index is 0.0629. The summed E-state index contributed by atoms with van der Waals surface area (Å²) in [5.74, 6) is -0.471. The van der Waals surface area contributed by atoms with Crippen molar-refractivity contribution in [2.24, 2.45) is 0 Å². The van der Waals surface area contributed by atoms with E-state index < -0.39 is 24.7 Å². The zero-order valence-electron chi connectivity index (χ0n) is 13.7. The van der Waals surface area contributed by atoms with Crippen LogP contribution in [0, 0.1) is 0 Å². The molecule has 0 saturated carbocycles. The van der Waals surface area contributed by atoms with Gasteiger partial charge in [-0.05, 0) is 31.2 Å². The molecule has 0 fully saturated rings. The molecule has 0 aromatic heterocycles. The molecule has 2 atom stereocenters. The number of ether oxygens (including phenoxy) is 1. The Morgan fingerprint density at radius 2 is 1.83 bits per heavy atom. The van der Waals surface area contributed by atoms with E-state index in [2.05, 4.69) is 5.32 Å². The monoisotopic (exact) mass is 348 g/mol. The van der Waals surface area contributed by atoms with Gasteiger partial charge in [-0.15, -0.1) is 0 Å². The predicted octanol–water partition coefficient (Wildman–Crippen LogP) is 0.215. The number of carbonyl (C=O) groups excluding carboxylic acids is 2. The van der Waals surface area contributed by atoms with Crippen LogP contribution in [0.25, 0.3) is 0 Å². The highest BCUT2D eigenvalue weighted by molar-refractivity contribution is 5.91. The lowest BCUT2D eigenvalue weighted by Crippen LogP contribution is -3.15. The molecule has 0 saturated heterocycles. The third-order valence-corrected chi connectivity index (χ3v) is 3.41. The van der Waals surface area contributed by atoms with Gasteiger partial charge in [0.25, 0.3) is 11.8 Å². The van der Waals surface area contributed by atoms with Crippen molar-refractivity contribution in [3.8, 4) is 5.75 Å². The van der Waals surface area contributed by atoms with Gasteiger partial charge in [-0.3, -0.25) is 9.59 Å². The molecule has 1 aromatic carbocycles. The number of hydrogen-bond acceptors (Lipinski definition) is 3. The molecular weight excluding hydrogens is 327 g/mol. The van der Waals surface area contributed by atoms with Gasteiger partial charge in [-0.25, -0.2) is 0 Å². The maximum absolute atomic E-state index is 12.1. The molecule has 6 nitrogen and oxygen atoms in total. The highest BCUT2D eigenvalue weighted by Crippen LogP contribution is 2.14. The van der Waals surface area contributed by atoms with Gasteiger partial charge in [0, 0.05) is 5.69 Å². The van der Waals surface area contributed by atoms with Gasteiger partial charge < -0.3 is 20.3 Å². The first kappa shape index (κ1) is 19.8. The third-order valence-electron chi connectivity index (χ3n) is 3.41. The van der Waals surface area contributed by atoms with Crippen LogP contribution in [0.5, 0.6) is 5.75 Å². The summed E-state index contributed by atoms with van der Waals surface area (Å²) in [4.78, 5) is 24.1. The summed E-state index contributed by atoms with van der Waals surface area (Å²) in [7, 11) is 3.09. The van der Waals surface area contributed by atoms with Crippen molar-refractivity contribution in [3.05, 3.63) is 24.3 Å². The van der Waals surface area contributed by atoms with Gasteiger partial charge in [0.2, 0.25) is 0 Å². The van der Waals surface area contributed by atoms with Crippen LogP contribution in [-0.2, 0) is 9.59 Å². The molecule has 1 unspecified atom stereocenters. The quantitative estimate of drug-likeness (QED) is 0.660. The standard InChI is InChI=1S/C15H20F3N3O3/c1-10(14(23)19-9-15(16,17)18)21(2)8-13(22)20-11-4-6-12(24-3)7-5-11/h4-7,10H,8-9H2,1-3H3,(H,19,23)(H,20,22)/p+1/t10-/m1/s1. The number of quaternary nitrogens is 1. The van der Waals surface area contributed by atoms with Gasteiger partial charge in [0.1, 0.15) is 12.3 Å². The number of halogens is 3. The smallest absolute Gasteiger partial charge is 0.405 e. The number of likely N-dealkylation sites (N-methyl/N-ethyl adjacent to an activating group) is 1. The Labute approximate surface area is 138 Å². The second-order valence-electron chi connectivity index (χ2n) is 5.35. The lowest BCUT2D eigenvalue weighted by molar-refractivity contribution is -0.885. The van der Waals surface area contributed by atoms with E-state index in [1.807, 2.05) is 5.32 Å². The molecule has 0 aliphatic carbocycles. The first-order valence-electron chi connectivity index (χ1n) is 7.23. The summed E-state index contributed by atoms with van der Waals surface area (Å²) in [5, 5.41) is 4.46. The molecule has 1 aromatic rings. The average molecular weight is 348 g/mol. The minimum atomic E-state index is -4.46. The molecule has 0 spiro atoms. The highest BCUT2D eigenvalue weighted by atomic mass is 19.4. The number of amides is 2. The molecule has 134 valence electrons. The van der Waals surface area contributed by atoms with Crippen molar-refractivity contribution in [3.63, 3.8) is 0 Å². The van der Waals surface area contributed by atoms with Crippen molar-refractivity contribution >= 4 is 17.5 Å². The normalized spacial score (nSPS) is 13.8. The number of benzene rings is 1. The van der Waals surface area contributed by atoms with Crippen LogP contribution < -0.4 is 20.3 Å².